The second-order valence-corrected chi connectivity index (χ2v) is 14.8. The number of ether oxygens (including phenoxy) is 2. The van der Waals surface area contributed by atoms with E-state index in [1.807, 2.05) is 0 Å². The molecule has 0 amide bonds. The third-order valence-electron chi connectivity index (χ3n) is 8.42. The summed E-state index contributed by atoms with van der Waals surface area (Å²) in [6.07, 6.45) is 30.4. The van der Waals surface area contributed by atoms with E-state index in [1.54, 1.807) is 0 Å². The molecule has 1 unspecified atom stereocenters. The minimum atomic E-state index is -4.61. The van der Waals surface area contributed by atoms with Crippen LogP contribution in [0.3, 0.4) is 0 Å². The normalized spacial score (nSPS) is 14.1. The number of phosphoric ester groups is 1. The molecule has 0 saturated carbocycles. The van der Waals surface area contributed by atoms with Crippen molar-refractivity contribution in [2.24, 2.45) is 0 Å². The summed E-state index contributed by atoms with van der Waals surface area (Å²) in [5, 5.41) is 18.3. The first kappa shape index (κ1) is 47.7. The molecular weight excluding hydrogens is 647 g/mol. The van der Waals surface area contributed by atoms with E-state index in [0.717, 1.165) is 57.8 Å². The third-order valence-corrected chi connectivity index (χ3v) is 9.37. The highest BCUT2D eigenvalue weighted by molar-refractivity contribution is 7.47. The Balaban J connectivity index is 4.31. The Labute approximate surface area is 298 Å². The molecule has 0 rings (SSSR count). The van der Waals surface area contributed by atoms with E-state index in [1.165, 1.54) is 83.5 Å². The molecule has 0 heterocycles. The van der Waals surface area contributed by atoms with Crippen molar-refractivity contribution in [3.8, 4) is 0 Å². The Bertz CT molecular complexity index is 837. The average Bonchev–Trinajstić information content (AvgIpc) is 3.09. The summed E-state index contributed by atoms with van der Waals surface area (Å²) in [5.74, 6) is -0.930. The summed E-state index contributed by atoms with van der Waals surface area (Å²) in [4.78, 5) is 34.8. The number of allylic oxidation sites excluding steroid dienone is 2. The van der Waals surface area contributed by atoms with Gasteiger partial charge in [-0.15, -0.1) is 0 Å². The third kappa shape index (κ3) is 34.9. The van der Waals surface area contributed by atoms with Crippen LogP contribution in [0.1, 0.15) is 181 Å². The van der Waals surface area contributed by atoms with Crippen LogP contribution >= 0.6 is 7.82 Å². The van der Waals surface area contributed by atoms with Crippen LogP contribution in [0, 0.1) is 0 Å². The van der Waals surface area contributed by atoms with E-state index in [2.05, 4.69) is 30.5 Å². The van der Waals surface area contributed by atoms with E-state index < -0.39 is 51.8 Å². The van der Waals surface area contributed by atoms with E-state index in [9.17, 15) is 24.2 Å². The lowest BCUT2D eigenvalue weighted by Gasteiger charge is -2.20. The quantitative estimate of drug-likeness (QED) is 0.0245. The van der Waals surface area contributed by atoms with Gasteiger partial charge in [0.15, 0.2) is 6.10 Å². The second kappa shape index (κ2) is 35.1. The van der Waals surface area contributed by atoms with Gasteiger partial charge in [-0.05, 0) is 32.1 Å². The highest BCUT2D eigenvalue weighted by atomic mass is 31.2. The van der Waals surface area contributed by atoms with Crippen LogP contribution in [0.2, 0.25) is 0 Å². The molecule has 0 bridgehead atoms. The smallest absolute Gasteiger partial charge is 0.462 e. The first-order valence-electron chi connectivity index (χ1n) is 19.6. The molecule has 11 heteroatoms. The van der Waals surface area contributed by atoms with Crippen molar-refractivity contribution in [1.82, 2.24) is 0 Å². The summed E-state index contributed by atoms with van der Waals surface area (Å²) in [6.45, 7) is 2.33. The molecule has 0 aliphatic heterocycles. The Hall–Kier alpha value is -1.29. The standard InChI is InChI=1S/C38H73O10P/c1-3-5-7-9-11-13-15-16-17-18-20-21-23-25-27-29-37(41)45-33-36(34-47-49(43,44)46-32-35(40)31-39)48-38(42)30-28-26-24-22-19-14-12-10-8-6-4-2/h10,12,35-36,39-40H,3-9,11,13-34H2,1-2H3,(H,43,44)/b12-10+/t35-,36+/m0/s1. The summed E-state index contributed by atoms with van der Waals surface area (Å²) in [7, 11) is -4.61. The van der Waals surface area contributed by atoms with Gasteiger partial charge < -0.3 is 24.6 Å². The lowest BCUT2D eigenvalue weighted by molar-refractivity contribution is -0.161. The highest BCUT2D eigenvalue weighted by Gasteiger charge is 2.27. The van der Waals surface area contributed by atoms with Crippen LogP contribution in [0.25, 0.3) is 0 Å². The molecule has 3 N–H and O–H groups in total. The van der Waals surface area contributed by atoms with E-state index >= 15 is 0 Å². The van der Waals surface area contributed by atoms with Crippen LogP contribution < -0.4 is 0 Å². The van der Waals surface area contributed by atoms with Crippen LogP contribution in [-0.4, -0.2) is 65.7 Å². The van der Waals surface area contributed by atoms with Crippen molar-refractivity contribution in [3.63, 3.8) is 0 Å². The van der Waals surface area contributed by atoms with Gasteiger partial charge in [0.2, 0.25) is 0 Å². The van der Waals surface area contributed by atoms with Gasteiger partial charge in [0, 0.05) is 12.8 Å². The lowest BCUT2D eigenvalue weighted by atomic mass is 10.0. The molecule has 0 aliphatic rings. The first-order valence-corrected chi connectivity index (χ1v) is 21.1. The monoisotopic (exact) mass is 720 g/mol. The fraction of sp³-hybridized carbons (Fsp3) is 0.895. The number of phosphoric acid groups is 1. The van der Waals surface area contributed by atoms with Gasteiger partial charge in [-0.25, -0.2) is 4.57 Å². The van der Waals surface area contributed by atoms with Gasteiger partial charge in [-0.3, -0.25) is 18.6 Å². The Kier molecular flexibility index (Phi) is 34.2. The van der Waals surface area contributed by atoms with Gasteiger partial charge in [0.05, 0.1) is 19.8 Å². The molecule has 290 valence electrons. The summed E-state index contributed by atoms with van der Waals surface area (Å²) in [5.41, 5.74) is 0. The van der Waals surface area contributed by atoms with Crippen LogP contribution in [-0.2, 0) is 32.7 Å². The van der Waals surface area contributed by atoms with Crippen LogP contribution in [0.4, 0.5) is 0 Å². The Morgan fingerprint density at radius 3 is 1.53 bits per heavy atom. The number of esters is 2. The molecule has 49 heavy (non-hydrogen) atoms. The van der Waals surface area contributed by atoms with Crippen molar-refractivity contribution >= 4 is 19.8 Å². The SMILES string of the molecule is CCCC/C=C/CCCCCCCC(=O)O[C@H](COC(=O)CCCCCCCCCCCCCCCCC)COP(=O)(O)OC[C@@H](O)CO. The number of aliphatic hydroxyl groups is 2. The van der Waals surface area contributed by atoms with E-state index in [0.29, 0.717) is 12.8 Å². The van der Waals surface area contributed by atoms with Crippen molar-refractivity contribution in [2.45, 2.75) is 193 Å². The van der Waals surface area contributed by atoms with Gasteiger partial charge >= 0.3 is 19.8 Å². The zero-order chi connectivity index (χ0) is 36.3. The lowest BCUT2D eigenvalue weighted by Crippen LogP contribution is -2.29. The maximum atomic E-state index is 12.5. The molecule has 0 aromatic heterocycles. The zero-order valence-electron chi connectivity index (χ0n) is 31.2. The first-order chi connectivity index (χ1) is 23.7. The fourth-order valence-electron chi connectivity index (χ4n) is 5.33. The number of rotatable bonds is 37. The Morgan fingerprint density at radius 2 is 1.02 bits per heavy atom. The summed E-state index contributed by atoms with van der Waals surface area (Å²) >= 11 is 0. The van der Waals surface area contributed by atoms with E-state index in [-0.39, 0.29) is 19.4 Å². The van der Waals surface area contributed by atoms with Gasteiger partial charge in [0.1, 0.15) is 12.7 Å². The van der Waals surface area contributed by atoms with Crippen molar-refractivity contribution in [3.05, 3.63) is 12.2 Å². The molecular formula is C38H73O10P. The number of hydrogen-bond acceptors (Lipinski definition) is 9. The topological polar surface area (TPSA) is 149 Å². The van der Waals surface area contributed by atoms with Crippen LogP contribution in [0.5, 0.6) is 0 Å². The zero-order valence-corrected chi connectivity index (χ0v) is 32.1. The number of aliphatic hydroxyl groups excluding tert-OH is 2. The summed E-state index contributed by atoms with van der Waals surface area (Å²) in [6, 6.07) is 0. The molecule has 0 aromatic carbocycles. The maximum absolute atomic E-state index is 12.5. The number of unbranched alkanes of at least 4 members (excludes halogenated alkanes) is 21. The van der Waals surface area contributed by atoms with Crippen molar-refractivity contribution in [1.29, 1.82) is 0 Å². The fourth-order valence-corrected chi connectivity index (χ4v) is 6.12. The molecule has 0 radical (unpaired) electrons. The molecule has 3 atom stereocenters. The molecule has 0 aromatic rings. The minimum Gasteiger partial charge on any atom is -0.462 e. The number of carbonyl (C=O) groups is 2. The summed E-state index contributed by atoms with van der Waals surface area (Å²) < 4.78 is 32.6. The molecule has 0 aliphatic carbocycles. The predicted molar refractivity (Wildman–Crippen MR) is 196 cm³/mol. The highest BCUT2D eigenvalue weighted by Crippen LogP contribution is 2.43. The van der Waals surface area contributed by atoms with Gasteiger partial charge in [0.25, 0.3) is 0 Å². The van der Waals surface area contributed by atoms with Crippen molar-refractivity contribution < 1.29 is 47.8 Å². The number of hydrogen-bond donors (Lipinski definition) is 3. The van der Waals surface area contributed by atoms with E-state index in [4.69, 9.17) is 19.1 Å². The number of carbonyl (C=O) groups excluding carboxylic acids is 2. The Morgan fingerprint density at radius 1 is 0.592 bits per heavy atom. The molecule has 0 fully saturated rings. The molecule has 0 saturated heterocycles. The average molecular weight is 721 g/mol. The minimum absolute atomic E-state index is 0.177. The van der Waals surface area contributed by atoms with Crippen LogP contribution in [0.15, 0.2) is 12.2 Å². The predicted octanol–water partition coefficient (Wildman–Crippen LogP) is 9.67. The molecule has 0 spiro atoms. The van der Waals surface area contributed by atoms with Crippen molar-refractivity contribution in [2.75, 3.05) is 26.4 Å². The largest absolute Gasteiger partial charge is 0.472 e. The van der Waals surface area contributed by atoms with Gasteiger partial charge in [-0.2, -0.15) is 0 Å². The maximum Gasteiger partial charge on any atom is 0.472 e. The van der Waals surface area contributed by atoms with Gasteiger partial charge in [-0.1, -0.05) is 148 Å². The molecule has 10 nitrogen and oxygen atoms in total. The second-order valence-electron chi connectivity index (χ2n) is 13.3.